The topological polar surface area (TPSA) is 78.4 Å². The van der Waals surface area contributed by atoms with E-state index in [1.165, 1.54) is 11.3 Å². The van der Waals surface area contributed by atoms with Gasteiger partial charge in [0.25, 0.3) is 0 Å². The maximum Gasteiger partial charge on any atom is 0.313 e. The summed E-state index contributed by atoms with van der Waals surface area (Å²) in [6.07, 6.45) is 0.836. The van der Waals surface area contributed by atoms with Gasteiger partial charge in [-0.15, -0.1) is 0 Å². The maximum atomic E-state index is 11.4. The summed E-state index contributed by atoms with van der Waals surface area (Å²) in [5.41, 5.74) is 0.601. The minimum atomic E-state index is -0.730. The predicted molar refractivity (Wildman–Crippen MR) is 66.9 cm³/mol. The number of aliphatic hydroxyl groups excluding tert-OH is 1. The minimum Gasteiger partial charge on any atom is -0.391 e. The first-order valence-electron chi connectivity index (χ1n) is 5.43. The Morgan fingerprint density at radius 2 is 2.24 bits per heavy atom. The fraction of sp³-hybridized carbons (Fsp3) is 0.455. The molecule has 0 fully saturated rings. The monoisotopic (exact) mass is 256 g/mol. The molecule has 0 spiro atoms. The lowest BCUT2D eigenvalue weighted by Gasteiger charge is -2.10. The SMILES string of the molecule is CCCC(O)CNC(=O)C(=O)Nc1ccsc1. The molecule has 1 aromatic heterocycles. The number of amides is 2. The normalized spacial score (nSPS) is 11.9. The standard InChI is InChI=1S/C11H16N2O3S/c1-2-3-9(14)6-12-10(15)11(16)13-8-4-5-17-7-8/h4-5,7,9,14H,2-3,6H2,1H3,(H,12,15)(H,13,16). The molecule has 0 aliphatic carbocycles. The van der Waals surface area contributed by atoms with Crippen LogP contribution in [-0.4, -0.2) is 29.6 Å². The number of rotatable bonds is 5. The Hall–Kier alpha value is -1.40. The van der Waals surface area contributed by atoms with E-state index in [1.807, 2.05) is 6.92 Å². The summed E-state index contributed by atoms with van der Waals surface area (Å²) in [5, 5.41) is 17.8. The Morgan fingerprint density at radius 3 is 2.82 bits per heavy atom. The molecule has 1 heterocycles. The van der Waals surface area contributed by atoms with Crippen LogP contribution >= 0.6 is 11.3 Å². The molecule has 0 radical (unpaired) electrons. The molecule has 2 amide bonds. The van der Waals surface area contributed by atoms with E-state index in [9.17, 15) is 14.7 Å². The molecular formula is C11H16N2O3S. The molecule has 0 aliphatic rings. The molecule has 0 aliphatic heterocycles. The van der Waals surface area contributed by atoms with Gasteiger partial charge in [0.05, 0.1) is 11.8 Å². The lowest BCUT2D eigenvalue weighted by Crippen LogP contribution is -2.39. The van der Waals surface area contributed by atoms with Gasteiger partial charge in [-0.2, -0.15) is 11.3 Å². The Labute approximate surface area is 104 Å². The van der Waals surface area contributed by atoms with Crippen LogP contribution in [0.2, 0.25) is 0 Å². The quantitative estimate of drug-likeness (QED) is 0.687. The molecule has 17 heavy (non-hydrogen) atoms. The number of carbonyl (C=O) groups excluding carboxylic acids is 2. The third kappa shape index (κ3) is 4.97. The van der Waals surface area contributed by atoms with E-state index in [0.717, 1.165) is 6.42 Å². The molecule has 0 bridgehead atoms. The van der Waals surface area contributed by atoms with Crippen molar-refractivity contribution in [2.45, 2.75) is 25.9 Å². The van der Waals surface area contributed by atoms with Crippen molar-refractivity contribution in [3.63, 3.8) is 0 Å². The molecule has 1 aromatic rings. The zero-order valence-corrected chi connectivity index (χ0v) is 10.4. The second kappa shape index (κ2) is 7.03. The summed E-state index contributed by atoms with van der Waals surface area (Å²) >= 11 is 1.43. The number of hydrogen-bond donors (Lipinski definition) is 3. The van der Waals surface area contributed by atoms with Gasteiger partial charge in [0.1, 0.15) is 0 Å². The minimum absolute atomic E-state index is 0.101. The highest BCUT2D eigenvalue weighted by Gasteiger charge is 2.14. The maximum absolute atomic E-state index is 11.4. The van der Waals surface area contributed by atoms with Crippen LogP contribution in [0.5, 0.6) is 0 Å². The van der Waals surface area contributed by atoms with Crippen molar-refractivity contribution in [1.82, 2.24) is 5.32 Å². The van der Waals surface area contributed by atoms with Crippen LogP contribution in [0.1, 0.15) is 19.8 Å². The summed E-state index contributed by atoms with van der Waals surface area (Å²) in [6.45, 7) is 2.04. The molecule has 1 unspecified atom stereocenters. The molecule has 6 heteroatoms. The van der Waals surface area contributed by atoms with E-state index in [2.05, 4.69) is 10.6 Å². The van der Waals surface area contributed by atoms with E-state index in [4.69, 9.17) is 0 Å². The van der Waals surface area contributed by atoms with Gasteiger partial charge in [-0.05, 0) is 17.9 Å². The molecule has 3 N–H and O–H groups in total. The van der Waals surface area contributed by atoms with Crippen molar-refractivity contribution in [2.75, 3.05) is 11.9 Å². The summed E-state index contributed by atoms with van der Waals surface area (Å²) in [6, 6.07) is 1.71. The van der Waals surface area contributed by atoms with Crippen LogP contribution in [-0.2, 0) is 9.59 Å². The van der Waals surface area contributed by atoms with Gasteiger partial charge in [-0.25, -0.2) is 0 Å². The molecule has 5 nitrogen and oxygen atoms in total. The first kappa shape index (κ1) is 13.7. The Morgan fingerprint density at radius 1 is 1.47 bits per heavy atom. The number of nitrogens with one attached hydrogen (secondary N) is 2. The Kier molecular flexibility index (Phi) is 5.65. The van der Waals surface area contributed by atoms with Gasteiger partial charge in [0, 0.05) is 11.9 Å². The average Bonchev–Trinajstić information content (AvgIpc) is 2.79. The lowest BCUT2D eigenvalue weighted by molar-refractivity contribution is -0.136. The van der Waals surface area contributed by atoms with Gasteiger partial charge in [-0.3, -0.25) is 9.59 Å². The summed E-state index contributed by atoms with van der Waals surface area (Å²) in [5.74, 6) is -1.45. The van der Waals surface area contributed by atoms with Crippen LogP contribution in [0, 0.1) is 0 Å². The summed E-state index contributed by atoms with van der Waals surface area (Å²) in [7, 11) is 0. The van der Waals surface area contributed by atoms with Crippen LogP contribution in [0.15, 0.2) is 16.8 Å². The number of carbonyl (C=O) groups is 2. The number of anilines is 1. The van der Waals surface area contributed by atoms with Crippen molar-refractivity contribution in [3.8, 4) is 0 Å². The van der Waals surface area contributed by atoms with E-state index in [1.54, 1.807) is 16.8 Å². The van der Waals surface area contributed by atoms with Crippen molar-refractivity contribution >= 4 is 28.8 Å². The highest BCUT2D eigenvalue weighted by molar-refractivity contribution is 7.08. The van der Waals surface area contributed by atoms with Gasteiger partial charge in [0.15, 0.2) is 0 Å². The van der Waals surface area contributed by atoms with Gasteiger partial charge >= 0.3 is 11.8 Å². The van der Waals surface area contributed by atoms with Crippen LogP contribution < -0.4 is 10.6 Å². The second-order valence-corrected chi connectivity index (χ2v) is 4.40. The van der Waals surface area contributed by atoms with E-state index in [-0.39, 0.29) is 6.54 Å². The second-order valence-electron chi connectivity index (χ2n) is 3.62. The van der Waals surface area contributed by atoms with E-state index < -0.39 is 17.9 Å². The van der Waals surface area contributed by atoms with Crippen LogP contribution in [0.4, 0.5) is 5.69 Å². The van der Waals surface area contributed by atoms with Crippen molar-refractivity contribution < 1.29 is 14.7 Å². The number of thiophene rings is 1. The highest BCUT2D eigenvalue weighted by atomic mass is 32.1. The first-order chi connectivity index (χ1) is 8.13. The average molecular weight is 256 g/mol. The smallest absolute Gasteiger partial charge is 0.313 e. The third-order valence-electron chi connectivity index (χ3n) is 2.11. The molecule has 94 valence electrons. The van der Waals surface area contributed by atoms with E-state index in [0.29, 0.717) is 12.1 Å². The third-order valence-corrected chi connectivity index (χ3v) is 2.79. The lowest BCUT2D eigenvalue weighted by atomic mass is 10.2. The van der Waals surface area contributed by atoms with Gasteiger partial charge < -0.3 is 15.7 Å². The molecule has 1 atom stereocenters. The van der Waals surface area contributed by atoms with Crippen LogP contribution in [0.25, 0.3) is 0 Å². The number of aliphatic hydroxyl groups is 1. The molecule has 0 saturated heterocycles. The van der Waals surface area contributed by atoms with Crippen molar-refractivity contribution in [1.29, 1.82) is 0 Å². The first-order valence-corrected chi connectivity index (χ1v) is 6.37. The Balaban J connectivity index is 2.30. The molecule has 0 saturated carbocycles. The summed E-state index contributed by atoms with van der Waals surface area (Å²) < 4.78 is 0. The van der Waals surface area contributed by atoms with Crippen LogP contribution in [0.3, 0.4) is 0 Å². The summed E-state index contributed by atoms with van der Waals surface area (Å²) in [4.78, 5) is 22.7. The fourth-order valence-electron chi connectivity index (χ4n) is 1.25. The predicted octanol–water partition coefficient (Wildman–Crippen LogP) is 0.964. The zero-order chi connectivity index (χ0) is 12.7. The van der Waals surface area contributed by atoms with Gasteiger partial charge in [-0.1, -0.05) is 13.3 Å². The van der Waals surface area contributed by atoms with Crippen molar-refractivity contribution in [3.05, 3.63) is 16.8 Å². The van der Waals surface area contributed by atoms with E-state index >= 15 is 0 Å². The zero-order valence-electron chi connectivity index (χ0n) is 9.60. The van der Waals surface area contributed by atoms with Crippen molar-refractivity contribution in [2.24, 2.45) is 0 Å². The Bertz CT molecular complexity index is 365. The number of hydrogen-bond acceptors (Lipinski definition) is 4. The largest absolute Gasteiger partial charge is 0.391 e. The molecule has 1 rings (SSSR count). The fourth-order valence-corrected chi connectivity index (χ4v) is 1.84. The van der Waals surface area contributed by atoms with Gasteiger partial charge in [0.2, 0.25) is 0 Å². The molecular weight excluding hydrogens is 240 g/mol. The molecule has 0 aromatic carbocycles. The highest BCUT2D eigenvalue weighted by Crippen LogP contribution is 2.11.